The van der Waals surface area contributed by atoms with Gasteiger partial charge in [0.25, 0.3) is 0 Å². The Bertz CT molecular complexity index is 726. The number of halogens is 2. The molecule has 0 radical (unpaired) electrons. The molecule has 0 aliphatic rings. The largest absolute Gasteiger partial charge is 0.384 e. The van der Waals surface area contributed by atoms with Crippen LogP contribution in [0.25, 0.3) is 21.5 Å². The molecule has 0 saturated heterocycles. The maximum Gasteiger partial charge on any atom is 0.223 e. The third-order valence-corrected chi connectivity index (χ3v) is 4.46. The molecule has 90 valence electrons. The molecule has 0 saturated carbocycles. The zero-order valence-electron chi connectivity index (χ0n) is 8.89. The van der Waals surface area contributed by atoms with E-state index in [4.69, 9.17) is 17.3 Å². The third kappa shape index (κ3) is 1.96. The van der Waals surface area contributed by atoms with E-state index in [0.717, 1.165) is 25.9 Å². The number of hydrogen-bond acceptors (Lipinski definition) is 5. The van der Waals surface area contributed by atoms with Gasteiger partial charge in [0.1, 0.15) is 11.3 Å². The molecule has 0 aromatic carbocycles. The average molecular weight is 342 g/mol. The third-order valence-electron chi connectivity index (χ3n) is 2.40. The molecule has 0 bridgehead atoms. The molecule has 0 unspecified atom stereocenters. The van der Waals surface area contributed by atoms with E-state index in [1.54, 1.807) is 23.6 Å². The lowest BCUT2D eigenvalue weighted by Crippen LogP contribution is -1.92. The van der Waals surface area contributed by atoms with Gasteiger partial charge in [0.15, 0.2) is 0 Å². The molecule has 0 fully saturated rings. The summed E-state index contributed by atoms with van der Waals surface area (Å²) in [5, 5.41) is 2.18. The topological polar surface area (TPSA) is 64.7 Å². The monoisotopic (exact) mass is 340 g/mol. The van der Waals surface area contributed by atoms with Gasteiger partial charge in [-0.1, -0.05) is 0 Å². The van der Waals surface area contributed by atoms with E-state index in [1.165, 1.54) is 0 Å². The molecule has 0 aliphatic heterocycles. The number of pyridine rings is 1. The number of rotatable bonds is 1. The van der Waals surface area contributed by atoms with Crippen molar-refractivity contribution in [3.05, 3.63) is 33.5 Å². The van der Waals surface area contributed by atoms with E-state index in [0.29, 0.717) is 5.82 Å². The molecule has 7 heteroatoms. The van der Waals surface area contributed by atoms with Crippen LogP contribution < -0.4 is 5.73 Å². The van der Waals surface area contributed by atoms with Crippen molar-refractivity contribution in [3.63, 3.8) is 0 Å². The van der Waals surface area contributed by atoms with Crippen molar-refractivity contribution in [2.75, 3.05) is 5.73 Å². The standard InChI is InChI=1S/C11H6BrClN4S/c12-6-4-18-10-8(16-11(13)17-9(6)10)5-1-2-7(14)15-3-5/h1-4H,(H2,14,15). The van der Waals surface area contributed by atoms with Crippen LogP contribution in [0.4, 0.5) is 5.82 Å². The minimum Gasteiger partial charge on any atom is -0.384 e. The van der Waals surface area contributed by atoms with Crippen molar-refractivity contribution >= 4 is 54.9 Å². The molecule has 3 heterocycles. The van der Waals surface area contributed by atoms with Gasteiger partial charge >= 0.3 is 0 Å². The Kier molecular flexibility index (Phi) is 2.93. The number of aromatic nitrogens is 3. The smallest absolute Gasteiger partial charge is 0.223 e. The predicted molar refractivity (Wildman–Crippen MR) is 77.8 cm³/mol. The maximum atomic E-state index is 5.95. The fourth-order valence-electron chi connectivity index (χ4n) is 1.60. The van der Waals surface area contributed by atoms with Gasteiger partial charge in [-0.3, -0.25) is 0 Å². The first-order chi connectivity index (χ1) is 8.65. The van der Waals surface area contributed by atoms with Crippen molar-refractivity contribution in [1.29, 1.82) is 0 Å². The van der Waals surface area contributed by atoms with E-state index in [-0.39, 0.29) is 5.28 Å². The average Bonchev–Trinajstić information content (AvgIpc) is 2.71. The molecular weight excluding hydrogens is 336 g/mol. The first-order valence-electron chi connectivity index (χ1n) is 4.97. The highest BCUT2D eigenvalue weighted by Gasteiger charge is 2.13. The number of nitrogens with zero attached hydrogens (tertiary/aromatic N) is 3. The second-order valence-electron chi connectivity index (χ2n) is 3.57. The predicted octanol–water partition coefficient (Wildman–Crippen LogP) is 3.75. The van der Waals surface area contributed by atoms with E-state index < -0.39 is 0 Å². The Morgan fingerprint density at radius 3 is 2.83 bits per heavy atom. The molecule has 0 amide bonds. The Morgan fingerprint density at radius 2 is 2.11 bits per heavy atom. The van der Waals surface area contributed by atoms with Crippen LogP contribution in [0.2, 0.25) is 5.28 Å². The fourth-order valence-corrected chi connectivity index (χ4v) is 3.35. The van der Waals surface area contributed by atoms with E-state index >= 15 is 0 Å². The number of nitrogens with two attached hydrogens (primary N) is 1. The van der Waals surface area contributed by atoms with Gasteiger partial charge in [-0.25, -0.2) is 15.0 Å². The molecule has 4 nitrogen and oxygen atoms in total. The maximum absolute atomic E-state index is 5.95. The van der Waals surface area contributed by atoms with Gasteiger partial charge < -0.3 is 5.73 Å². The van der Waals surface area contributed by atoms with Crippen molar-refractivity contribution in [2.24, 2.45) is 0 Å². The molecule has 2 N–H and O–H groups in total. The van der Waals surface area contributed by atoms with Crippen molar-refractivity contribution in [2.45, 2.75) is 0 Å². The van der Waals surface area contributed by atoms with Crippen molar-refractivity contribution < 1.29 is 0 Å². The highest BCUT2D eigenvalue weighted by Crippen LogP contribution is 2.35. The summed E-state index contributed by atoms with van der Waals surface area (Å²) in [5.74, 6) is 0.475. The van der Waals surface area contributed by atoms with Crippen LogP contribution in [0.1, 0.15) is 0 Å². The summed E-state index contributed by atoms with van der Waals surface area (Å²) < 4.78 is 1.88. The minimum atomic E-state index is 0.216. The first-order valence-corrected chi connectivity index (χ1v) is 7.02. The second-order valence-corrected chi connectivity index (χ2v) is 5.65. The summed E-state index contributed by atoms with van der Waals surface area (Å²) in [6.07, 6.45) is 1.68. The van der Waals surface area contributed by atoms with Crippen molar-refractivity contribution in [3.8, 4) is 11.3 Å². The molecule has 0 spiro atoms. The molecule has 0 atom stereocenters. The summed E-state index contributed by atoms with van der Waals surface area (Å²) in [4.78, 5) is 12.6. The van der Waals surface area contributed by atoms with E-state index in [9.17, 15) is 0 Å². The quantitative estimate of drug-likeness (QED) is 0.685. The van der Waals surface area contributed by atoms with Gasteiger partial charge in [0, 0.05) is 17.1 Å². The lowest BCUT2D eigenvalue weighted by atomic mass is 10.2. The lowest BCUT2D eigenvalue weighted by Gasteiger charge is -2.03. The van der Waals surface area contributed by atoms with Crippen LogP contribution in [0, 0.1) is 0 Å². The Labute approximate surface area is 120 Å². The van der Waals surface area contributed by atoms with Crippen LogP contribution in [0.3, 0.4) is 0 Å². The second kappa shape index (κ2) is 4.46. The number of anilines is 1. The highest BCUT2D eigenvalue weighted by molar-refractivity contribution is 9.10. The van der Waals surface area contributed by atoms with Crippen LogP contribution in [0.15, 0.2) is 28.2 Å². The number of nitrogen functional groups attached to an aromatic ring is 1. The molecule has 0 aliphatic carbocycles. The van der Waals surface area contributed by atoms with Crippen LogP contribution in [0.5, 0.6) is 0 Å². The van der Waals surface area contributed by atoms with E-state index in [1.807, 2.05) is 11.4 Å². The summed E-state index contributed by atoms with van der Waals surface area (Å²) in [5.41, 5.74) is 8.03. The summed E-state index contributed by atoms with van der Waals surface area (Å²) in [6, 6.07) is 3.61. The fraction of sp³-hybridized carbons (Fsp3) is 0. The van der Waals surface area contributed by atoms with Gasteiger partial charge in [-0.05, 0) is 39.7 Å². The lowest BCUT2D eigenvalue weighted by molar-refractivity contribution is 1.22. The number of fused-ring (bicyclic) bond motifs is 1. The zero-order valence-corrected chi connectivity index (χ0v) is 12.1. The minimum absolute atomic E-state index is 0.216. The summed E-state index contributed by atoms with van der Waals surface area (Å²) in [6.45, 7) is 0. The Balaban J connectivity index is 2.31. The van der Waals surface area contributed by atoms with E-state index in [2.05, 4.69) is 30.9 Å². The van der Waals surface area contributed by atoms with Gasteiger partial charge in [-0.15, -0.1) is 11.3 Å². The SMILES string of the molecule is Nc1ccc(-c2nc(Cl)nc3c(Br)csc23)cn1. The summed E-state index contributed by atoms with van der Waals surface area (Å²) >= 11 is 11.0. The molecule has 3 aromatic rings. The molecular formula is C11H6BrClN4S. The first kappa shape index (κ1) is 11.8. The van der Waals surface area contributed by atoms with Crippen LogP contribution in [-0.4, -0.2) is 15.0 Å². The molecule has 3 aromatic heterocycles. The normalized spacial score (nSPS) is 11.0. The zero-order chi connectivity index (χ0) is 12.7. The molecule has 3 rings (SSSR count). The van der Waals surface area contributed by atoms with Gasteiger partial charge in [0.05, 0.1) is 14.9 Å². The van der Waals surface area contributed by atoms with Crippen LogP contribution in [-0.2, 0) is 0 Å². The number of thiophene rings is 1. The highest BCUT2D eigenvalue weighted by atomic mass is 79.9. The van der Waals surface area contributed by atoms with Gasteiger partial charge in [0.2, 0.25) is 5.28 Å². The van der Waals surface area contributed by atoms with Crippen molar-refractivity contribution in [1.82, 2.24) is 15.0 Å². The van der Waals surface area contributed by atoms with Gasteiger partial charge in [-0.2, -0.15) is 0 Å². The Hall–Kier alpha value is -1.24. The number of hydrogen-bond donors (Lipinski definition) is 1. The van der Waals surface area contributed by atoms with Crippen LogP contribution >= 0.6 is 38.9 Å². The Morgan fingerprint density at radius 1 is 1.28 bits per heavy atom. The molecule has 18 heavy (non-hydrogen) atoms. The summed E-state index contributed by atoms with van der Waals surface area (Å²) in [7, 11) is 0.